The van der Waals surface area contributed by atoms with Crippen LogP contribution in [0.4, 0.5) is 5.69 Å². The average Bonchev–Trinajstić information content (AvgIpc) is 2.75. The third kappa shape index (κ3) is 6.19. The summed E-state index contributed by atoms with van der Waals surface area (Å²) in [6, 6.07) is 28.0. The molecule has 3 aromatic rings. The van der Waals surface area contributed by atoms with Crippen LogP contribution in [0.1, 0.15) is 18.1 Å². The predicted molar refractivity (Wildman–Crippen MR) is 122 cm³/mol. The van der Waals surface area contributed by atoms with Gasteiger partial charge in [-0.05, 0) is 41.9 Å². The molecular weight excluding hydrogens is 378 g/mol. The fourth-order valence-electron chi connectivity index (χ4n) is 3.07. The van der Waals surface area contributed by atoms with E-state index in [0.717, 1.165) is 21.9 Å². The first kappa shape index (κ1) is 21.1. The van der Waals surface area contributed by atoms with Crippen LogP contribution in [-0.4, -0.2) is 18.1 Å². The van der Waals surface area contributed by atoms with Crippen LogP contribution in [0.2, 0.25) is 0 Å². The van der Waals surface area contributed by atoms with Crippen LogP contribution in [0.3, 0.4) is 0 Å². The van der Waals surface area contributed by atoms with Crippen LogP contribution in [0, 0.1) is 0 Å². The number of benzene rings is 3. The van der Waals surface area contributed by atoms with Crippen LogP contribution >= 0.6 is 11.8 Å². The van der Waals surface area contributed by atoms with E-state index in [-0.39, 0.29) is 5.91 Å². The lowest BCUT2D eigenvalue weighted by Gasteiger charge is -2.29. The van der Waals surface area contributed by atoms with Gasteiger partial charge in [-0.2, -0.15) is 0 Å². The van der Waals surface area contributed by atoms with E-state index < -0.39 is 5.66 Å². The molecule has 0 saturated carbocycles. The number of hydrogen-bond donors (Lipinski definition) is 3. The first-order valence-electron chi connectivity index (χ1n) is 9.75. The van der Waals surface area contributed by atoms with E-state index in [1.165, 1.54) is 5.56 Å². The highest BCUT2D eigenvalue weighted by Gasteiger charge is 2.33. The van der Waals surface area contributed by atoms with Crippen molar-refractivity contribution in [3.8, 4) is 0 Å². The molecule has 4 N–H and O–H groups in total. The Kier molecular flexibility index (Phi) is 7.47. The number of nitrogens with two attached hydrogens (primary N) is 1. The minimum Gasteiger partial charge on any atom is -0.323 e. The Morgan fingerprint density at radius 1 is 0.897 bits per heavy atom. The summed E-state index contributed by atoms with van der Waals surface area (Å²) in [6.45, 7) is 2.55. The Morgan fingerprint density at radius 2 is 1.48 bits per heavy atom. The average molecular weight is 406 g/mol. The summed E-state index contributed by atoms with van der Waals surface area (Å²) in [5.41, 5.74) is 8.31. The molecule has 1 atom stereocenters. The molecular formula is C24H27N3OS. The molecule has 5 heteroatoms. The zero-order valence-corrected chi connectivity index (χ0v) is 17.4. The second-order valence-electron chi connectivity index (χ2n) is 6.92. The summed E-state index contributed by atoms with van der Waals surface area (Å²) in [5, 5.41) is 6.09. The summed E-state index contributed by atoms with van der Waals surface area (Å²) in [4.78, 5) is 14.1. The third-order valence-electron chi connectivity index (χ3n) is 4.58. The molecule has 0 radical (unpaired) electrons. The summed E-state index contributed by atoms with van der Waals surface area (Å²) in [6.07, 6.45) is 0.415. The van der Waals surface area contributed by atoms with Crippen molar-refractivity contribution in [1.29, 1.82) is 0 Å². The van der Waals surface area contributed by atoms with Gasteiger partial charge in [-0.3, -0.25) is 10.1 Å². The van der Waals surface area contributed by atoms with Crippen molar-refractivity contribution < 1.29 is 4.79 Å². The van der Waals surface area contributed by atoms with Crippen LogP contribution in [0.15, 0.2) is 89.8 Å². The van der Waals surface area contributed by atoms with Crippen molar-refractivity contribution in [2.75, 3.05) is 11.9 Å². The van der Waals surface area contributed by atoms with Gasteiger partial charge in [0.15, 0.2) is 5.66 Å². The van der Waals surface area contributed by atoms with Gasteiger partial charge >= 0.3 is 0 Å². The van der Waals surface area contributed by atoms with Gasteiger partial charge in [-0.25, -0.2) is 0 Å². The van der Waals surface area contributed by atoms with Crippen molar-refractivity contribution in [3.63, 3.8) is 0 Å². The van der Waals surface area contributed by atoms with Crippen molar-refractivity contribution in [1.82, 2.24) is 5.32 Å². The van der Waals surface area contributed by atoms with Gasteiger partial charge in [-0.15, -0.1) is 11.8 Å². The van der Waals surface area contributed by atoms with Gasteiger partial charge in [0.25, 0.3) is 5.91 Å². The Bertz CT molecular complexity index is 900. The number of carbonyl (C=O) groups is 1. The van der Waals surface area contributed by atoms with Crippen LogP contribution in [0.5, 0.6) is 0 Å². The van der Waals surface area contributed by atoms with Gasteiger partial charge in [0.2, 0.25) is 0 Å². The smallest absolute Gasteiger partial charge is 0.259 e. The molecule has 0 aliphatic rings. The van der Waals surface area contributed by atoms with Crippen molar-refractivity contribution in [2.45, 2.75) is 29.7 Å². The first-order valence-corrected chi connectivity index (χ1v) is 10.7. The number of rotatable bonds is 9. The minimum absolute atomic E-state index is 0.243. The molecule has 3 aromatic carbocycles. The van der Waals surface area contributed by atoms with E-state index in [4.69, 9.17) is 5.73 Å². The van der Waals surface area contributed by atoms with Crippen molar-refractivity contribution in [2.24, 2.45) is 5.73 Å². The summed E-state index contributed by atoms with van der Waals surface area (Å²) >= 11 is 1.77. The fourth-order valence-corrected chi connectivity index (χ4v) is 3.93. The number of amides is 1. The summed E-state index contributed by atoms with van der Waals surface area (Å²) < 4.78 is 0. The highest BCUT2D eigenvalue weighted by atomic mass is 32.2. The van der Waals surface area contributed by atoms with Gasteiger partial charge < -0.3 is 11.1 Å². The van der Waals surface area contributed by atoms with Crippen molar-refractivity contribution in [3.05, 3.63) is 96.1 Å². The predicted octanol–water partition coefficient (Wildman–Crippen LogP) is 4.42. The van der Waals surface area contributed by atoms with E-state index in [0.29, 0.717) is 13.0 Å². The van der Waals surface area contributed by atoms with E-state index in [9.17, 15) is 4.79 Å². The standard InChI is InChI=1S/C24H27N3OS/c1-2-26-24(25,17-19-9-5-3-6-10-19)23(28)27-21-13-15-22(16-14-21)29-18-20-11-7-4-8-12-20/h3-16,26H,2,17-18,25H2,1H3,(H,27,28)/t24-/m0/s1. The molecule has 3 rings (SSSR count). The number of hydrogen-bond acceptors (Lipinski definition) is 4. The molecule has 0 aliphatic carbocycles. The second-order valence-corrected chi connectivity index (χ2v) is 7.97. The highest BCUT2D eigenvalue weighted by Crippen LogP contribution is 2.24. The van der Waals surface area contributed by atoms with E-state index in [1.807, 2.05) is 79.7 Å². The molecule has 0 fully saturated rings. The zero-order valence-electron chi connectivity index (χ0n) is 16.6. The van der Waals surface area contributed by atoms with E-state index in [2.05, 4.69) is 22.8 Å². The number of nitrogens with one attached hydrogen (secondary N) is 2. The molecule has 4 nitrogen and oxygen atoms in total. The topological polar surface area (TPSA) is 67.1 Å². The maximum absolute atomic E-state index is 12.9. The monoisotopic (exact) mass is 405 g/mol. The number of likely N-dealkylation sites (N-methyl/N-ethyl adjacent to an activating group) is 1. The zero-order chi connectivity index (χ0) is 20.5. The van der Waals surface area contributed by atoms with Crippen molar-refractivity contribution >= 4 is 23.4 Å². The van der Waals surface area contributed by atoms with E-state index in [1.54, 1.807) is 11.8 Å². The maximum atomic E-state index is 12.9. The quantitative estimate of drug-likeness (QED) is 0.364. The fraction of sp³-hybridized carbons (Fsp3) is 0.208. The van der Waals surface area contributed by atoms with Gasteiger partial charge in [0.1, 0.15) is 0 Å². The Morgan fingerprint density at radius 3 is 2.07 bits per heavy atom. The largest absolute Gasteiger partial charge is 0.323 e. The lowest BCUT2D eigenvalue weighted by atomic mass is 9.99. The molecule has 1 amide bonds. The molecule has 0 aromatic heterocycles. The van der Waals surface area contributed by atoms with Crippen LogP contribution < -0.4 is 16.4 Å². The molecule has 0 bridgehead atoms. The maximum Gasteiger partial charge on any atom is 0.259 e. The van der Waals surface area contributed by atoms with Gasteiger partial charge in [-0.1, -0.05) is 67.6 Å². The lowest BCUT2D eigenvalue weighted by molar-refractivity contribution is -0.122. The molecule has 29 heavy (non-hydrogen) atoms. The molecule has 150 valence electrons. The van der Waals surface area contributed by atoms with Crippen LogP contribution in [-0.2, 0) is 17.0 Å². The summed E-state index contributed by atoms with van der Waals surface area (Å²) in [5.74, 6) is 0.670. The summed E-state index contributed by atoms with van der Waals surface area (Å²) in [7, 11) is 0. The Balaban J connectivity index is 1.62. The van der Waals surface area contributed by atoms with Gasteiger partial charge in [0.05, 0.1) is 0 Å². The van der Waals surface area contributed by atoms with Gasteiger partial charge in [0, 0.05) is 22.8 Å². The molecule has 0 saturated heterocycles. The second kappa shape index (κ2) is 10.3. The normalized spacial score (nSPS) is 12.9. The molecule has 0 unspecified atom stereocenters. The lowest BCUT2D eigenvalue weighted by Crippen LogP contribution is -2.63. The molecule has 0 aliphatic heterocycles. The molecule has 0 heterocycles. The number of thioether (sulfide) groups is 1. The SMILES string of the molecule is CCN[C@@](N)(Cc1ccccc1)C(=O)Nc1ccc(SCc2ccccc2)cc1. The Labute approximate surface area is 176 Å². The highest BCUT2D eigenvalue weighted by molar-refractivity contribution is 7.98. The molecule has 0 spiro atoms. The Hall–Kier alpha value is -2.60. The van der Waals surface area contributed by atoms with Crippen LogP contribution in [0.25, 0.3) is 0 Å². The minimum atomic E-state index is -1.17. The number of anilines is 1. The number of carbonyl (C=O) groups excluding carboxylic acids is 1. The third-order valence-corrected chi connectivity index (χ3v) is 5.67. The first-order chi connectivity index (χ1) is 14.1. The van der Waals surface area contributed by atoms with E-state index >= 15 is 0 Å².